The lowest BCUT2D eigenvalue weighted by atomic mass is 10.0. The van der Waals surface area contributed by atoms with Crippen LogP contribution in [0.5, 0.6) is 11.5 Å². The number of amidine groups is 1. The summed E-state index contributed by atoms with van der Waals surface area (Å²) in [5.74, 6) is 1.72. The third kappa shape index (κ3) is 5.16. The van der Waals surface area contributed by atoms with Crippen LogP contribution >= 0.6 is 11.8 Å². The number of amides is 1. The first kappa shape index (κ1) is 20.0. The number of aryl methyl sites for hydroxylation is 1. The number of nitrogens with zero attached hydrogens (tertiary/aromatic N) is 1. The van der Waals surface area contributed by atoms with Crippen LogP contribution in [0, 0.1) is 6.92 Å². The Balaban J connectivity index is 1.57. The minimum Gasteiger partial charge on any atom is -0.490 e. The number of ether oxygens (including phenoxy) is 2. The van der Waals surface area contributed by atoms with E-state index in [1.54, 1.807) is 6.08 Å². The zero-order chi connectivity index (χ0) is 20.1. The average Bonchev–Trinajstić information content (AvgIpc) is 2.96. The van der Waals surface area contributed by atoms with Gasteiger partial charge in [-0.2, -0.15) is 4.99 Å². The van der Waals surface area contributed by atoms with E-state index in [9.17, 15) is 4.79 Å². The molecule has 0 atom stereocenters. The van der Waals surface area contributed by atoms with Crippen LogP contribution < -0.4 is 15.2 Å². The molecule has 3 rings (SSSR count). The topological polar surface area (TPSA) is 73.9 Å². The standard InChI is InChI=1S/C22H24N2O3S/c1-14(2)18-8-7-15(3)11-19(18)27-10-9-26-17-6-4-5-16(12-17)13-20-21(25)24-22(23)28-20/h4-8,11-14H,9-10H2,1-3H3,(H2,23,24,25)/b20-13-. The van der Waals surface area contributed by atoms with Gasteiger partial charge in [0.1, 0.15) is 24.7 Å². The summed E-state index contributed by atoms with van der Waals surface area (Å²) in [6.45, 7) is 7.24. The molecular weight excluding hydrogens is 372 g/mol. The van der Waals surface area contributed by atoms with Gasteiger partial charge in [0.25, 0.3) is 5.91 Å². The lowest BCUT2D eigenvalue weighted by Gasteiger charge is -2.15. The molecule has 2 N–H and O–H groups in total. The second-order valence-corrected chi connectivity index (χ2v) is 7.89. The summed E-state index contributed by atoms with van der Waals surface area (Å²) in [5, 5.41) is 0.276. The predicted molar refractivity (Wildman–Crippen MR) is 115 cm³/mol. The SMILES string of the molecule is Cc1ccc(C(C)C)c(OCCOc2cccc(/C=C3\SC(N)=NC3=O)c2)c1. The molecule has 0 bridgehead atoms. The third-order valence-electron chi connectivity index (χ3n) is 4.19. The number of rotatable bonds is 7. The first-order chi connectivity index (χ1) is 13.4. The van der Waals surface area contributed by atoms with Crippen LogP contribution in [0.3, 0.4) is 0 Å². The number of hydrogen-bond donors (Lipinski definition) is 1. The molecule has 0 unspecified atom stereocenters. The van der Waals surface area contributed by atoms with Crippen molar-refractivity contribution in [3.05, 3.63) is 64.1 Å². The molecule has 5 nitrogen and oxygen atoms in total. The van der Waals surface area contributed by atoms with Gasteiger partial charge in [0.15, 0.2) is 5.17 Å². The van der Waals surface area contributed by atoms with Crippen LogP contribution in [0.1, 0.15) is 36.5 Å². The van der Waals surface area contributed by atoms with E-state index in [1.165, 1.54) is 22.9 Å². The zero-order valence-corrected chi connectivity index (χ0v) is 17.1. The summed E-state index contributed by atoms with van der Waals surface area (Å²) in [6.07, 6.45) is 1.77. The van der Waals surface area contributed by atoms with E-state index in [-0.39, 0.29) is 11.1 Å². The third-order valence-corrected chi connectivity index (χ3v) is 5.01. The van der Waals surface area contributed by atoms with E-state index in [0.717, 1.165) is 17.1 Å². The Hall–Kier alpha value is -2.73. The minimum absolute atomic E-state index is 0.276. The van der Waals surface area contributed by atoms with Gasteiger partial charge in [0, 0.05) is 0 Å². The van der Waals surface area contributed by atoms with Gasteiger partial charge in [-0.25, -0.2) is 0 Å². The fraction of sp³-hybridized carbons (Fsp3) is 0.273. The number of nitrogens with two attached hydrogens (primary N) is 1. The first-order valence-corrected chi connectivity index (χ1v) is 9.98. The van der Waals surface area contributed by atoms with Crippen molar-refractivity contribution in [1.82, 2.24) is 0 Å². The lowest BCUT2D eigenvalue weighted by molar-refractivity contribution is -0.113. The van der Waals surface area contributed by atoms with Crippen molar-refractivity contribution in [2.24, 2.45) is 10.7 Å². The summed E-state index contributed by atoms with van der Waals surface area (Å²) in [7, 11) is 0. The van der Waals surface area contributed by atoms with Crippen molar-refractivity contribution >= 4 is 28.9 Å². The average molecular weight is 397 g/mol. The molecule has 2 aromatic carbocycles. The van der Waals surface area contributed by atoms with E-state index in [4.69, 9.17) is 15.2 Å². The van der Waals surface area contributed by atoms with Gasteiger partial charge >= 0.3 is 0 Å². The Kier molecular flexibility index (Phi) is 6.41. The van der Waals surface area contributed by atoms with Gasteiger partial charge in [0.2, 0.25) is 0 Å². The smallest absolute Gasteiger partial charge is 0.286 e. The van der Waals surface area contributed by atoms with E-state index in [0.29, 0.717) is 24.0 Å². The van der Waals surface area contributed by atoms with Crippen molar-refractivity contribution < 1.29 is 14.3 Å². The Morgan fingerprint density at radius 3 is 2.64 bits per heavy atom. The molecule has 0 spiro atoms. The molecule has 1 amide bonds. The van der Waals surface area contributed by atoms with Gasteiger partial charge in [0.05, 0.1) is 4.91 Å². The summed E-state index contributed by atoms with van der Waals surface area (Å²) in [5.41, 5.74) is 8.81. The van der Waals surface area contributed by atoms with Crippen molar-refractivity contribution in [2.45, 2.75) is 26.7 Å². The monoisotopic (exact) mass is 396 g/mol. The van der Waals surface area contributed by atoms with Gasteiger partial charge in [-0.05, 0) is 65.6 Å². The number of carbonyl (C=O) groups excluding carboxylic acids is 1. The van der Waals surface area contributed by atoms with Crippen LogP contribution in [0.25, 0.3) is 6.08 Å². The van der Waals surface area contributed by atoms with Crippen LogP contribution in [0.4, 0.5) is 0 Å². The maximum atomic E-state index is 11.7. The highest BCUT2D eigenvalue weighted by atomic mass is 32.2. The Morgan fingerprint density at radius 2 is 1.93 bits per heavy atom. The van der Waals surface area contributed by atoms with E-state index in [2.05, 4.69) is 44.0 Å². The normalized spacial score (nSPS) is 15.2. The highest BCUT2D eigenvalue weighted by Crippen LogP contribution is 2.28. The van der Waals surface area contributed by atoms with Crippen molar-refractivity contribution in [1.29, 1.82) is 0 Å². The molecular formula is C22H24N2O3S. The summed E-state index contributed by atoms with van der Waals surface area (Å²) >= 11 is 1.18. The molecule has 0 aliphatic carbocycles. The first-order valence-electron chi connectivity index (χ1n) is 9.16. The molecule has 0 aromatic heterocycles. The number of carbonyl (C=O) groups is 1. The Labute approximate surface area is 169 Å². The maximum Gasteiger partial charge on any atom is 0.286 e. The molecule has 1 aliphatic heterocycles. The van der Waals surface area contributed by atoms with Gasteiger partial charge in [-0.1, -0.05) is 38.1 Å². The Bertz CT molecular complexity index is 935. The summed E-state index contributed by atoms with van der Waals surface area (Å²) in [6, 6.07) is 13.8. The second-order valence-electron chi connectivity index (χ2n) is 6.83. The predicted octanol–water partition coefficient (Wildman–Crippen LogP) is 4.51. The van der Waals surface area contributed by atoms with E-state index >= 15 is 0 Å². The quantitative estimate of drug-likeness (QED) is 0.551. The second kappa shape index (κ2) is 8.97. The molecule has 146 valence electrons. The largest absolute Gasteiger partial charge is 0.490 e. The number of benzene rings is 2. The van der Waals surface area contributed by atoms with Crippen LogP contribution in [-0.2, 0) is 4.79 Å². The molecule has 0 saturated carbocycles. The van der Waals surface area contributed by atoms with Crippen LogP contribution in [0.2, 0.25) is 0 Å². The summed E-state index contributed by atoms with van der Waals surface area (Å²) < 4.78 is 11.8. The van der Waals surface area contributed by atoms with Gasteiger partial charge in [-0.15, -0.1) is 0 Å². The molecule has 1 aliphatic rings. The summed E-state index contributed by atoms with van der Waals surface area (Å²) in [4.78, 5) is 15.9. The van der Waals surface area contributed by atoms with Crippen LogP contribution in [-0.4, -0.2) is 24.3 Å². The highest BCUT2D eigenvalue weighted by Gasteiger charge is 2.19. The maximum absolute atomic E-state index is 11.7. The molecule has 6 heteroatoms. The van der Waals surface area contributed by atoms with Gasteiger partial charge in [-0.3, -0.25) is 4.79 Å². The number of aliphatic imine (C=N–C) groups is 1. The molecule has 1 heterocycles. The minimum atomic E-state index is -0.304. The van der Waals surface area contributed by atoms with Crippen molar-refractivity contribution in [3.63, 3.8) is 0 Å². The molecule has 28 heavy (non-hydrogen) atoms. The van der Waals surface area contributed by atoms with Crippen molar-refractivity contribution in [3.8, 4) is 11.5 Å². The van der Waals surface area contributed by atoms with E-state index in [1.807, 2.05) is 24.3 Å². The number of thioether (sulfide) groups is 1. The fourth-order valence-corrected chi connectivity index (χ4v) is 3.51. The van der Waals surface area contributed by atoms with Crippen molar-refractivity contribution in [2.75, 3.05) is 13.2 Å². The fourth-order valence-electron chi connectivity index (χ4n) is 2.83. The molecule has 2 aromatic rings. The number of hydrogen-bond acceptors (Lipinski definition) is 5. The van der Waals surface area contributed by atoms with Gasteiger partial charge < -0.3 is 15.2 Å². The Morgan fingerprint density at radius 1 is 1.14 bits per heavy atom. The highest BCUT2D eigenvalue weighted by molar-refractivity contribution is 8.18. The lowest BCUT2D eigenvalue weighted by Crippen LogP contribution is -2.10. The van der Waals surface area contributed by atoms with E-state index < -0.39 is 0 Å². The van der Waals surface area contributed by atoms with Crippen LogP contribution in [0.15, 0.2) is 52.4 Å². The molecule has 0 radical (unpaired) electrons. The molecule has 0 saturated heterocycles. The zero-order valence-electron chi connectivity index (χ0n) is 16.3. The molecule has 0 fully saturated rings.